The van der Waals surface area contributed by atoms with Gasteiger partial charge in [0, 0.05) is 10.0 Å². The van der Waals surface area contributed by atoms with Crippen molar-refractivity contribution >= 4 is 21.7 Å². The summed E-state index contributed by atoms with van der Waals surface area (Å²) in [6.07, 6.45) is -2.87. The lowest BCUT2D eigenvalue weighted by Gasteiger charge is -2.09. The highest BCUT2D eigenvalue weighted by Crippen LogP contribution is 2.38. The average molecular weight is 293 g/mol. The predicted molar refractivity (Wildman–Crippen MR) is 57.9 cm³/mol. The fourth-order valence-corrected chi connectivity index (χ4v) is 1.89. The Balaban J connectivity index is 2.48. The molecule has 0 aromatic heterocycles. The minimum absolute atomic E-state index is 0.0215. The van der Waals surface area contributed by atoms with Gasteiger partial charge in [0.15, 0.2) is 0 Å². The molecule has 0 spiro atoms. The zero-order chi connectivity index (χ0) is 11.9. The molecule has 1 N–H and O–H groups in total. The highest BCUT2D eigenvalue weighted by Gasteiger charge is 2.31. The van der Waals surface area contributed by atoms with E-state index < -0.39 is 11.7 Å². The molecule has 16 heavy (non-hydrogen) atoms. The van der Waals surface area contributed by atoms with Gasteiger partial charge in [0.05, 0.1) is 5.56 Å². The lowest BCUT2D eigenvalue weighted by atomic mass is 10.1. The Morgan fingerprint density at radius 2 is 1.81 bits per heavy atom. The van der Waals surface area contributed by atoms with Gasteiger partial charge < -0.3 is 5.11 Å². The first kappa shape index (κ1) is 11.5. The van der Waals surface area contributed by atoms with E-state index in [-0.39, 0.29) is 11.3 Å². The second-order valence-electron chi connectivity index (χ2n) is 3.68. The van der Waals surface area contributed by atoms with Crippen LogP contribution in [0.1, 0.15) is 24.0 Å². The molecule has 0 heterocycles. The van der Waals surface area contributed by atoms with Gasteiger partial charge in [-0.1, -0.05) is 15.9 Å². The van der Waals surface area contributed by atoms with E-state index in [1.54, 1.807) is 0 Å². The third-order valence-electron chi connectivity index (χ3n) is 2.33. The summed E-state index contributed by atoms with van der Waals surface area (Å²) in [5.74, 6) is -0.0215. The van der Waals surface area contributed by atoms with Crippen LogP contribution in [0.15, 0.2) is 28.2 Å². The standard InChI is InChI=1S/C11H8BrF3O/c12-9-4-7(10(16)6-1-2-6)3-8(5-9)11(13,14)15/h3-5,16H,1-2H2. The summed E-state index contributed by atoms with van der Waals surface area (Å²) in [5.41, 5.74) is 0.269. The minimum atomic E-state index is -4.40. The van der Waals surface area contributed by atoms with Gasteiger partial charge in [-0.25, -0.2) is 0 Å². The van der Waals surface area contributed by atoms with Crippen LogP contribution in [0, 0.1) is 0 Å². The van der Waals surface area contributed by atoms with E-state index in [1.807, 2.05) is 0 Å². The lowest BCUT2D eigenvalue weighted by Crippen LogP contribution is -2.05. The van der Waals surface area contributed by atoms with Crippen molar-refractivity contribution in [1.29, 1.82) is 0 Å². The van der Waals surface area contributed by atoms with Gasteiger partial charge in [0.25, 0.3) is 0 Å². The molecule has 0 atom stereocenters. The number of hydrogen-bond acceptors (Lipinski definition) is 1. The number of hydrogen-bond donors (Lipinski definition) is 1. The van der Waals surface area contributed by atoms with Crippen molar-refractivity contribution in [3.05, 3.63) is 39.4 Å². The molecule has 0 radical (unpaired) electrons. The van der Waals surface area contributed by atoms with Crippen molar-refractivity contribution in [2.75, 3.05) is 0 Å². The Morgan fingerprint density at radius 1 is 1.19 bits per heavy atom. The Morgan fingerprint density at radius 3 is 2.31 bits per heavy atom. The van der Waals surface area contributed by atoms with Crippen molar-refractivity contribution < 1.29 is 18.3 Å². The van der Waals surface area contributed by atoms with Crippen molar-refractivity contribution in [3.63, 3.8) is 0 Å². The topological polar surface area (TPSA) is 20.2 Å². The van der Waals surface area contributed by atoms with Crippen LogP contribution >= 0.6 is 15.9 Å². The quantitative estimate of drug-likeness (QED) is 0.754. The molecule has 0 amide bonds. The average Bonchev–Trinajstić information content (AvgIpc) is 2.97. The minimum Gasteiger partial charge on any atom is -0.507 e. The maximum atomic E-state index is 12.5. The summed E-state index contributed by atoms with van der Waals surface area (Å²) >= 11 is 3.01. The van der Waals surface area contributed by atoms with Gasteiger partial charge in [-0.15, -0.1) is 0 Å². The SMILES string of the molecule is OC(=C1CC1)c1cc(Br)cc(C(F)(F)F)c1. The molecule has 1 aromatic carbocycles. The number of benzene rings is 1. The number of aliphatic hydroxyl groups excluding tert-OH is 1. The fourth-order valence-electron chi connectivity index (χ4n) is 1.39. The largest absolute Gasteiger partial charge is 0.507 e. The molecule has 1 fully saturated rings. The van der Waals surface area contributed by atoms with Crippen LogP contribution < -0.4 is 0 Å². The molecular weight excluding hydrogens is 285 g/mol. The number of alkyl halides is 3. The van der Waals surface area contributed by atoms with Crippen molar-refractivity contribution in [2.24, 2.45) is 0 Å². The molecule has 2 rings (SSSR count). The Hall–Kier alpha value is -0.970. The summed E-state index contributed by atoms with van der Waals surface area (Å²) in [7, 11) is 0. The maximum absolute atomic E-state index is 12.5. The zero-order valence-corrected chi connectivity index (χ0v) is 9.69. The van der Waals surface area contributed by atoms with Crippen LogP contribution in [-0.4, -0.2) is 5.11 Å². The van der Waals surface area contributed by atoms with E-state index in [0.717, 1.165) is 30.5 Å². The number of halogens is 4. The zero-order valence-electron chi connectivity index (χ0n) is 8.11. The van der Waals surface area contributed by atoms with Crippen LogP contribution in [0.2, 0.25) is 0 Å². The number of allylic oxidation sites excluding steroid dienone is 1. The van der Waals surface area contributed by atoms with Gasteiger partial charge in [-0.2, -0.15) is 13.2 Å². The Bertz CT molecular complexity index is 457. The Kier molecular flexibility index (Phi) is 2.74. The molecule has 1 saturated carbocycles. The molecule has 5 heteroatoms. The molecule has 1 aromatic rings. The summed E-state index contributed by atoms with van der Waals surface area (Å²) in [6.45, 7) is 0. The molecule has 1 aliphatic rings. The van der Waals surface area contributed by atoms with E-state index in [0.29, 0.717) is 4.47 Å². The first-order chi connectivity index (χ1) is 7.38. The fraction of sp³-hybridized carbons (Fsp3) is 0.273. The predicted octanol–water partition coefficient (Wildman–Crippen LogP) is 4.53. The van der Waals surface area contributed by atoms with E-state index in [9.17, 15) is 18.3 Å². The summed E-state index contributed by atoms with van der Waals surface area (Å²) in [4.78, 5) is 0. The smallest absolute Gasteiger partial charge is 0.416 e. The molecule has 0 aliphatic heterocycles. The van der Waals surface area contributed by atoms with Gasteiger partial charge in [0.2, 0.25) is 0 Å². The van der Waals surface area contributed by atoms with Crippen LogP contribution in [-0.2, 0) is 6.18 Å². The third kappa shape index (κ3) is 2.40. The molecule has 86 valence electrons. The number of aliphatic hydroxyl groups is 1. The second kappa shape index (κ2) is 3.80. The monoisotopic (exact) mass is 292 g/mol. The van der Waals surface area contributed by atoms with Crippen LogP contribution in [0.4, 0.5) is 13.2 Å². The maximum Gasteiger partial charge on any atom is 0.416 e. The van der Waals surface area contributed by atoms with E-state index in [1.165, 1.54) is 6.07 Å². The second-order valence-corrected chi connectivity index (χ2v) is 4.59. The first-order valence-corrected chi connectivity index (χ1v) is 5.46. The van der Waals surface area contributed by atoms with Crippen molar-refractivity contribution in [1.82, 2.24) is 0 Å². The molecule has 0 bridgehead atoms. The summed E-state index contributed by atoms with van der Waals surface area (Å²) < 4.78 is 37.8. The summed E-state index contributed by atoms with van der Waals surface area (Å²) in [5, 5.41) is 9.67. The third-order valence-corrected chi connectivity index (χ3v) is 2.79. The first-order valence-electron chi connectivity index (χ1n) is 4.67. The number of rotatable bonds is 1. The lowest BCUT2D eigenvalue weighted by molar-refractivity contribution is -0.137. The van der Waals surface area contributed by atoms with Gasteiger partial charge >= 0.3 is 6.18 Å². The molecule has 0 saturated heterocycles. The normalized spacial score (nSPS) is 15.1. The molecule has 0 unspecified atom stereocenters. The van der Waals surface area contributed by atoms with Crippen molar-refractivity contribution in [3.8, 4) is 0 Å². The highest BCUT2D eigenvalue weighted by atomic mass is 79.9. The van der Waals surface area contributed by atoms with Crippen LogP contribution in [0.25, 0.3) is 5.76 Å². The molecular formula is C11H8BrF3O. The van der Waals surface area contributed by atoms with Crippen LogP contribution in [0.3, 0.4) is 0 Å². The van der Waals surface area contributed by atoms with Gasteiger partial charge in [0.1, 0.15) is 5.76 Å². The van der Waals surface area contributed by atoms with E-state index in [4.69, 9.17) is 0 Å². The molecule has 1 aliphatic carbocycles. The van der Waals surface area contributed by atoms with Gasteiger partial charge in [-0.05, 0) is 36.6 Å². The molecule has 1 nitrogen and oxygen atoms in total. The highest BCUT2D eigenvalue weighted by molar-refractivity contribution is 9.10. The van der Waals surface area contributed by atoms with E-state index >= 15 is 0 Å². The van der Waals surface area contributed by atoms with Crippen molar-refractivity contribution in [2.45, 2.75) is 19.0 Å². The van der Waals surface area contributed by atoms with E-state index in [2.05, 4.69) is 15.9 Å². The Labute approximate surface area is 98.7 Å². The van der Waals surface area contributed by atoms with Crippen LogP contribution in [0.5, 0.6) is 0 Å². The van der Waals surface area contributed by atoms with Gasteiger partial charge in [-0.3, -0.25) is 0 Å². The summed E-state index contributed by atoms with van der Waals surface area (Å²) in [6, 6.07) is 3.44.